The Morgan fingerprint density at radius 2 is 1.84 bits per heavy atom. The Labute approximate surface area is 143 Å². The first-order chi connectivity index (χ1) is 12.0. The highest BCUT2D eigenvalue weighted by atomic mass is 32.1. The maximum Gasteiger partial charge on any atom is 0.412 e. The first-order valence-electron chi connectivity index (χ1n) is 6.97. The lowest BCUT2D eigenvalue weighted by Gasteiger charge is -2.05. The molecule has 0 aliphatic heterocycles. The summed E-state index contributed by atoms with van der Waals surface area (Å²) < 4.78 is 5.76. The third kappa shape index (κ3) is 3.75. The number of anilines is 1. The van der Waals surface area contributed by atoms with E-state index >= 15 is 0 Å². The fourth-order valence-corrected chi connectivity index (χ4v) is 2.88. The summed E-state index contributed by atoms with van der Waals surface area (Å²) in [5, 5.41) is 11.8. The van der Waals surface area contributed by atoms with E-state index in [2.05, 4.69) is 10.7 Å². The van der Waals surface area contributed by atoms with Crippen LogP contribution < -0.4 is 26.6 Å². The summed E-state index contributed by atoms with van der Waals surface area (Å²) >= 11 is 1.00. The van der Waals surface area contributed by atoms with Crippen LogP contribution >= 0.6 is 11.3 Å². The molecule has 25 heavy (non-hydrogen) atoms. The van der Waals surface area contributed by atoms with Gasteiger partial charge in [0.25, 0.3) is 0 Å². The molecule has 0 saturated carbocycles. The number of carboxylic acids is 1. The smallest absolute Gasteiger partial charge is 0.412 e. The van der Waals surface area contributed by atoms with Crippen LogP contribution in [-0.2, 0) is 6.54 Å². The van der Waals surface area contributed by atoms with E-state index in [-0.39, 0.29) is 17.1 Å². The van der Waals surface area contributed by atoms with Gasteiger partial charge in [-0.1, -0.05) is 18.2 Å². The van der Waals surface area contributed by atoms with Crippen LogP contribution in [-0.4, -0.2) is 21.8 Å². The van der Waals surface area contributed by atoms with E-state index in [0.717, 1.165) is 11.3 Å². The van der Waals surface area contributed by atoms with Crippen molar-refractivity contribution in [2.75, 3.05) is 5.43 Å². The van der Waals surface area contributed by atoms with Gasteiger partial charge in [0.1, 0.15) is 10.8 Å². The molecule has 3 rings (SSSR count). The van der Waals surface area contributed by atoms with Crippen LogP contribution in [0.25, 0.3) is 0 Å². The number of nitrogens with one attached hydrogen (secondary N) is 2. The highest BCUT2D eigenvalue weighted by Crippen LogP contribution is 2.28. The highest BCUT2D eigenvalue weighted by Gasteiger charge is 2.21. The number of para-hydroxylation sites is 1. The molecule has 128 valence electrons. The molecule has 0 fully saturated rings. The molecule has 2 heterocycles. The van der Waals surface area contributed by atoms with Crippen molar-refractivity contribution in [3.63, 3.8) is 0 Å². The van der Waals surface area contributed by atoms with E-state index in [0.29, 0.717) is 15.3 Å². The number of nitrogens with zero attached hydrogens (tertiary/aromatic N) is 1. The van der Waals surface area contributed by atoms with Gasteiger partial charge in [0.05, 0.1) is 12.1 Å². The molecular formula is C15H11N3O6S. The minimum Gasteiger partial charge on any atom is -0.478 e. The lowest BCUT2D eigenvalue weighted by atomic mass is 10.3. The fraction of sp³-hybridized carbons (Fsp3) is 0.0667. The number of aromatic carboxylic acids is 1. The minimum atomic E-state index is -1.22. The Hall–Kier alpha value is -3.40. The topological polar surface area (TPSA) is 127 Å². The number of rotatable bonds is 6. The fourth-order valence-electron chi connectivity index (χ4n) is 1.90. The zero-order valence-electron chi connectivity index (χ0n) is 12.5. The number of aromatic nitrogens is 1. The number of amides is 1. The van der Waals surface area contributed by atoms with Gasteiger partial charge in [-0.25, -0.2) is 9.59 Å². The first-order valence-corrected chi connectivity index (χ1v) is 7.79. The van der Waals surface area contributed by atoms with Gasteiger partial charge in [0.15, 0.2) is 0 Å². The van der Waals surface area contributed by atoms with Crippen molar-refractivity contribution in [1.82, 2.24) is 9.99 Å². The molecule has 2 aromatic heterocycles. The van der Waals surface area contributed by atoms with E-state index in [1.54, 1.807) is 30.3 Å². The van der Waals surface area contributed by atoms with E-state index in [4.69, 9.17) is 4.74 Å². The largest absolute Gasteiger partial charge is 0.478 e. The van der Waals surface area contributed by atoms with Gasteiger partial charge in [-0.05, 0) is 18.2 Å². The summed E-state index contributed by atoms with van der Waals surface area (Å²) in [6.45, 7) is 0.0280. The molecule has 1 aromatic carbocycles. The van der Waals surface area contributed by atoms with Crippen LogP contribution in [0.3, 0.4) is 0 Å². The standard InChI is InChI=1S/C15H11N3O6S/c19-12-13(20)18(12)17-11-10(14(21)22)6-9(25-11)7-16-15(23)24-8-4-2-1-3-5-8/h1-6,17H,7H2,(H,16,23)(H,21,22). The van der Waals surface area contributed by atoms with Crippen molar-refractivity contribution in [2.24, 2.45) is 0 Å². The molecule has 0 radical (unpaired) electrons. The molecule has 3 aromatic rings. The quantitative estimate of drug-likeness (QED) is 0.559. The number of carbonyl (C=O) groups excluding carboxylic acids is 1. The van der Waals surface area contributed by atoms with Gasteiger partial charge in [-0.2, -0.15) is 4.68 Å². The Balaban J connectivity index is 1.65. The van der Waals surface area contributed by atoms with Crippen molar-refractivity contribution in [2.45, 2.75) is 6.54 Å². The zero-order valence-corrected chi connectivity index (χ0v) is 13.3. The molecule has 9 nitrogen and oxygen atoms in total. The lowest BCUT2D eigenvalue weighted by Crippen LogP contribution is -2.25. The van der Waals surface area contributed by atoms with Crippen LogP contribution in [0.2, 0.25) is 0 Å². The number of carbonyl (C=O) groups is 2. The number of benzene rings is 1. The van der Waals surface area contributed by atoms with E-state index in [1.807, 2.05) is 0 Å². The SMILES string of the molecule is O=C(NCc1cc(C(=O)O)c(Nn2c(=O)c2=O)s1)Oc1ccccc1. The third-order valence-electron chi connectivity index (χ3n) is 3.13. The molecule has 0 saturated heterocycles. The summed E-state index contributed by atoms with van der Waals surface area (Å²) in [7, 11) is 0. The molecule has 0 atom stereocenters. The molecule has 3 N–H and O–H groups in total. The minimum absolute atomic E-state index is 0.0280. The molecule has 10 heteroatoms. The number of hydrogen-bond acceptors (Lipinski definition) is 7. The molecule has 0 bridgehead atoms. The molecule has 0 aliphatic rings. The average molecular weight is 361 g/mol. The molecular weight excluding hydrogens is 350 g/mol. The molecule has 0 aliphatic carbocycles. The van der Waals surface area contributed by atoms with Crippen LogP contribution in [0.4, 0.5) is 9.80 Å². The Morgan fingerprint density at radius 1 is 1.16 bits per heavy atom. The summed E-state index contributed by atoms with van der Waals surface area (Å²) in [6.07, 6.45) is -0.692. The van der Waals surface area contributed by atoms with Crippen LogP contribution in [0.15, 0.2) is 46.0 Å². The number of carboxylic acid groups (broad SMARTS) is 1. The van der Waals surface area contributed by atoms with Crippen molar-refractivity contribution in [3.8, 4) is 5.75 Å². The normalized spacial score (nSPS) is 10.6. The van der Waals surface area contributed by atoms with Gasteiger partial charge in [-0.3, -0.25) is 15.0 Å². The molecule has 1 amide bonds. The Kier molecular flexibility index (Phi) is 4.35. The van der Waals surface area contributed by atoms with E-state index in [9.17, 15) is 24.3 Å². The summed E-state index contributed by atoms with van der Waals surface area (Å²) in [6, 6.07) is 9.80. The van der Waals surface area contributed by atoms with Crippen molar-refractivity contribution in [1.29, 1.82) is 0 Å². The van der Waals surface area contributed by atoms with Gasteiger partial charge >= 0.3 is 23.2 Å². The number of hydrogen-bond donors (Lipinski definition) is 3. The predicted molar refractivity (Wildman–Crippen MR) is 88.9 cm³/mol. The molecule has 0 spiro atoms. The highest BCUT2D eigenvalue weighted by molar-refractivity contribution is 7.16. The Morgan fingerprint density at radius 3 is 2.44 bits per heavy atom. The van der Waals surface area contributed by atoms with E-state index in [1.165, 1.54) is 6.07 Å². The summed E-state index contributed by atoms with van der Waals surface area (Å²) in [5.74, 6) is -0.850. The van der Waals surface area contributed by atoms with Gasteiger partial charge in [0, 0.05) is 4.88 Å². The van der Waals surface area contributed by atoms with Gasteiger partial charge in [0.2, 0.25) is 0 Å². The maximum absolute atomic E-state index is 11.7. The van der Waals surface area contributed by atoms with Crippen LogP contribution in [0, 0.1) is 0 Å². The predicted octanol–water partition coefficient (Wildman–Crippen LogP) is 1.01. The monoisotopic (exact) mass is 361 g/mol. The van der Waals surface area contributed by atoms with Crippen molar-refractivity contribution < 1.29 is 19.4 Å². The van der Waals surface area contributed by atoms with Crippen LogP contribution in [0.5, 0.6) is 5.75 Å². The molecule has 0 unspecified atom stereocenters. The second-order valence-electron chi connectivity index (χ2n) is 4.87. The zero-order chi connectivity index (χ0) is 18.0. The number of thiophene rings is 1. The van der Waals surface area contributed by atoms with Crippen molar-refractivity contribution in [3.05, 3.63) is 67.5 Å². The van der Waals surface area contributed by atoms with Crippen LogP contribution in [0.1, 0.15) is 15.2 Å². The number of ether oxygens (including phenoxy) is 1. The lowest BCUT2D eigenvalue weighted by molar-refractivity contribution is 0.0698. The summed E-state index contributed by atoms with van der Waals surface area (Å²) in [5.41, 5.74) is 0.855. The third-order valence-corrected chi connectivity index (χ3v) is 4.17. The average Bonchev–Trinajstić information content (AvgIpc) is 2.99. The van der Waals surface area contributed by atoms with Gasteiger partial charge in [-0.15, -0.1) is 11.3 Å². The van der Waals surface area contributed by atoms with Crippen molar-refractivity contribution >= 4 is 28.4 Å². The van der Waals surface area contributed by atoms with Gasteiger partial charge < -0.3 is 15.2 Å². The second kappa shape index (κ2) is 6.61. The Bertz CT molecular complexity index is 974. The maximum atomic E-state index is 11.7. The summed E-state index contributed by atoms with van der Waals surface area (Å²) in [4.78, 5) is 45.5. The first kappa shape index (κ1) is 16.5. The van der Waals surface area contributed by atoms with E-state index < -0.39 is 23.2 Å². The second-order valence-corrected chi connectivity index (χ2v) is 6.01.